The van der Waals surface area contributed by atoms with E-state index in [4.69, 9.17) is 4.99 Å². The number of fused-ring (bicyclic) bond motifs is 3. The van der Waals surface area contributed by atoms with E-state index in [1.54, 1.807) is 0 Å². The van der Waals surface area contributed by atoms with Crippen molar-refractivity contribution in [1.29, 1.82) is 0 Å². The van der Waals surface area contributed by atoms with Crippen molar-refractivity contribution in [2.24, 2.45) is 9.98 Å². The van der Waals surface area contributed by atoms with E-state index in [1.807, 2.05) is 14.1 Å². The highest BCUT2D eigenvalue weighted by Crippen LogP contribution is 2.27. The number of anilines is 2. The number of nitrogens with zero attached hydrogens (tertiary/aromatic N) is 4. The first-order valence-corrected chi connectivity index (χ1v) is 7.32. The maximum Gasteiger partial charge on any atom is 0.164 e. The zero-order valence-corrected chi connectivity index (χ0v) is 12.9. The maximum atomic E-state index is 4.73. The van der Waals surface area contributed by atoms with Gasteiger partial charge in [-0.15, -0.1) is 0 Å². The Kier molecular flexibility index (Phi) is 2.76. The first-order valence-electron chi connectivity index (χ1n) is 7.32. The van der Waals surface area contributed by atoms with E-state index in [9.17, 15) is 0 Å². The summed E-state index contributed by atoms with van der Waals surface area (Å²) >= 11 is 0. The van der Waals surface area contributed by atoms with Crippen molar-refractivity contribution in [3.05, 3.63) is 51.8 Å². The Hall–Kier alpha value is -2.69. The van der Waals surface area contributed by atoms with Crippen molar-refractivity contribution in [3.8, 4) is 0 Å². The molecular weight excluding hydrogens is 274 g/mol. The van der Waals surface area contributed by atoms with Gasteiger partial charge in [0.2, 0.25) is 0 Å². The number of pyridine rings is 1. The van der Waals surface area contributed by atoms with Crippen LogP contribution >= 0.6 is 0 Å². The van der Waals surface area contributed by atoms with Gasteiger partial charge in [-0.1, -0.05) is 23.8 Å². The molecule has 0 bridgehead atoms. The number of nitrogens with one attached hydrogen (secondary N) is 1. The monoisotopic (exact) mass is 291 g/mol. The summed E-state index contributed by atoms with van der Waals surface area (Å²) in [6, 6.07) is 8.38. The molecule has 0 unspecified atom stereocenters. The fourth-order valence-electron chi connectivity index (χ4n) is 2.98. The number of benzene rings is 1. The molecule has 3 heterocycles. The summed E-state index contributed by atoms with van der Waals surface area (Å²) in [7, 11) is 3.92. The summed E-state index contributed by atoms with van der Waals surface area (Å²) in [4.78, 5) is 16.1. The molecule has 0 radical (unpaired) electrons. The average Bonchev–Trinajstić information content (AvgIpc) is 3.10. The van der Waals surface area contributed by atoms with Gasteiger partial charge in [-0.3, -0.25) is 4.99 Å². The minimum atomic E-state index is 0.662. The zero-order valence-electron chi connectivity index (χ0n) is 12.9. The van der Waals surface area contributed by atoms with Gasteiger partial charge in [0.05, 0.1) is 11.4 Å². The first kappa shape index (κ1) is 13.0. The smallest absolute Gasteiger partial charge is 0.164 e. The van der Waals surface area contributed by atoms with E-state index < -0.39 is 0 Å². The van der Waals surface area contributed by atoms with E-state index in [0.717, 1.165) is 39.2 Å². The lowest BCUT2D eigenvalue weighted by atomic mass is 10.1. The predicted octanol–water partition coefficient (Wildman–Crippen LogP) is 1.59. The van der Waals surface area contributed by atoms with Gasteiger partial charge in [-0.25, -0.2) is 9.98 Å². The minimum absolute atomic E-state index is 0.662. The van der Waals surface area contributed by atoms with Gasteiger partial charge in [-0.2, -0.15) is 0 Å². The lowest BCUT2D eigenvalue weighted by molar-refractivity contribution is 0.968. The molecule has 5 heteroatoms. The van der Waals surface area contributed by atoms with Crippen LogP contribution in [0.5, 0.6) is 0 Å². The Morgan fingerprint density at radius 3 is 2.91 bits per heavy atom. The van der Waals surface area contributed by atoms with E-state index >= 15 is 0 Å². The van der Waals surface area contributed by atoms with Crippen LogP contribution in [0, 0.1) is 6.92 Å². The number of aryl methyl sites for hydroxylation is 1. The quantitative estimate of drug-likeness (QED) is 0.914. The molecule has 2 aliphatic rings. The number of hydrogen-bond donors (Lipinski definition) is 1. The standard InChI is InChI=1S/C17H17N5/c1-10-5-4-6-11(7-10)13-8-12-15-14(19-9-22(15)3)17(18-2)21-16(12)20-13/h4-8H,9H2,1-3H3,(H,18,20,21). The van der Waals surface area contributed by atoms with Gasteiger partial charge < -0.3 is 10.2 Å². The van der Waals surface area contributed by atoms with Gasteiger partial charge in [-0.05, 0) is 19.1 Å². The Balaban J connectivity index is 1.94. The Morgan fingerprint density at radius 2 is 2.14 bits per heavy atom. The van der Waals surface area contributed by atoms with Crippen LogP contribution < -0.4 is 21.1 Å². The Labute approximate surface area is 128 Å². The molecule has 110 valence electrons. The molecule has 0 saturated carbocycles. The number of aromatic nitrogens is 1. The second-order valence-electron chi connectivity index (χ2n) is 5.65. The van der Waals surface area contributed by atoms with Gasteiger partial charge in [0, 0.05) is 25.2 Å². The molecule has 0 amide bonds. The molecule has 0 atom stereocenters. The van der Waals surface area contributed by atoms with E-state index in [1.165, 1.54) is 5.56 Å². The third kappa shape index (κ3) is 1.82. The van der Waals surface area contributed by atoms with Crippen molar-refractivity contribution in [3.63, 3.8) is 0 Å². The van der Waals surface area contributed by atoms with Crippen molar-refractivity contribution in [1.82, 2.24) is 4.98 Å². The molecule has 2 aliphatic heterocycles. The van der Waals surface area contributed by atoms with Crippen LogP contribution in [0.4, 0.5) is 11.5 Å². The highest BCUT2D eigenvalue weighted by molar-refractivity contribution is 5.88. The molecule has 22 heavy (non-hydrogen) atoms. The lowest BCUT2D eigenvalue weighted by Crippen LogP contribution is -2.25. The maximum absolute atomic E-state index is 4.73. The summed E-state index contributed by atoms with van der Waals surface area (Å²) in [6.07, 6.45) is 2.12. The van der Waals surface area contributed by atoms with E-state index in [-0.39, 0.29) is 0 Å². The molecule has 5 nitrogen and oxygen atoms in total. The highest BCUT2D eigenvalue weighted by Gasteiger charge is 2.23. The summed E-state index contributed by atoms with van der Waals surface area (Å²) in [5, 5.41) is 4.06. The SMILES string of the molecule is CNc1nc2c(c3c1=NCN3C)C=C(c1cccc(C)c1)N=2. The van der Waals surface area contributed by atoms with E-state index in [2.05, 4.69) is 57.5 Å². The van der Waals surface area contributed by atoms with Crippen molar-refractivity contribution in [2.45, 2.75) is 6.92 Å². The molecule has 0 aliphatic carbocycles. The van der Waals surface area contributed by atoms with Gasteiger partial charge in [0.1, 0.15) is 12.0 Å². The molecule has 1 N–H and O–H groups in total. The third-order valence-corrected chi connectivity index (χ3v) is 4.04. The number of rotatable bonds is 2. The lowest BCUT2D eigenvalue weighted by Gasteiger charge is -2.13. The molecule has 1 aromatic carbocycles. The van der Waals surface area contributed by atoms with Crippen LogP contribution in [0.25, 0.3) is 11.8 Å². The molecule has 4 rings (SSSR count). The Bertz CT molecular complexity index is 927. The zero-order chi connectivity index (χ0) is 15.3. The molecule has 0 fully saturated rings. The third-order valence-electron chi connectivity index (χ3n) is 4.04. The van der Waals surface area contributed by atoms with Crippen LogP contribution in [0.1, 0.15) is 16.7 Å². The van der Waals surface area contributed by atoms with Crippen LogP contribution in [-0.4, -0.2) is 25.7 Å². The van der Waals surface area contributed by atoms with Crippen LogP contribution in [0.2, 0.25) is 0 Å². The van der Waals surface area contributed by atoms with E-state index in [0.29, 0.717) is 6.67 Å². The second-order valence-corrected chi connectivity index (χ2v) is 5.65. The normalized spacial score (nSPS) is 14.9. The van der Waals surface area contributed by atoms with Crippen molar-refractivity contribution >= 4 is 23.3 Å². The summed E-state index contributed by atoms with van der Waals surface area (Å²) < 4.78 is 0. The highest BCUT2D eigenvalue weighted by atomic mass is 15.2. The molecule has 2 aromatic rings. The van der Waals surface area contributed by atoms with Crippen LogP contribution in [0.15, 0.2) is 34.3 Å². The largest absolute Gasteiger partial charge is 0.371 e. The topological polar surface area (TPSA) is 52.9 Å². The minimum Gasteiger partial charge on any atom is -0.371 e. The van der Waals surface area contributed by atoms with Crippen molar-refractivity contribution < 1.29 is 0 Å². The average molecular weight is 291 g/mol. The first-order chi connectivity index (χ1) is 10.7. The molecule has 0 spiro atoms. The van der Waals surface area contributed by atoms with Gasteiger partial charge in [0.25, 0.3) is 0 Å². The van der Waals surface area contributed by atoms with Crippen LogP contribution in [-0.2, 0) is 0 Å². The van der Waals surface area contributed by atoms with Crippen molar-refractivity contribution in [2.75, 3.05) is 31.0 Å². The number of hydrogen-bond acceptors (Lipinski definition) is 5. The summed E-state index contributed by atoms with van der Waals surface area (Å²) in [5.74, 6) is 0.792. The Morgan fingerprint density at radius 1 is 1.27 bits per heavy atom. The molecular formula is C17H17N5. The summed E-state index contributed by atoms with van der Waals surface area (Å²) in [6.45, 7) is 2.75. The fraction of sp³-hybridized carbons (Fsp3) is 0.235. The predicted molar refractivity (Wildman–Crippen MR) is 88.4 cm³/mol. The van der Waals surface area contributed by atoms with Crippen LogP contribution in [0.3, 0.4) is 0 Å². The van der Waals surface area contributed by atoms with Gasteiger partial charge >= 0.3 is 0 Å². The summed E-state index contributed by atoms with van der Waals surface area (Å²) in [5.41, 5.74) is 6.25. The fourth-order valence-corrected chi connectivity index (χ4v) is 2.98. The second kappa shape index (κ2) is 4.66. The van der Waals surface area contributed by atoms with Gasteiger partial charge in [0.15, 0.2) is 11.3 Å². The molecule has 0 saturated heterocycles. The molecule has 1 aromatic heterocycles.